The summed E-state index contributed by atoms with van der Waals surface area (Å²) in [5, 5.41) is 14.3. The Morgan fingerprint density at radius 1 is 1.36 bits per heavy atom. The number of rotatable bonds is 9. The predicted octanol–water partition coefficient (Wildman–Crippen LogP) is 1.90. The highest BCUT2D eigenvalue weighted by atomic mass is 32.1. The Bertz CT molecular complexity index is 937. The van der Waals surface area contributed by atoms with Gasteiger partial charge in [0.15, 0.2) is 0 Å². The molecule has 0 aliphatic rings. The standard InChI is InChI=1S/C20H27N3O4S/c1-4-5-8-27-17-15-9-13(18(21)28)6-7-14(15)19(24)23(11-12(2)3)16(17)10-22-20(25)26/h6-7,9,12,22H,4-5,8,10-11H2,1-3H3,(H2,21,28)(H,25,26)/p-1. The number of amides is 1. The van der Waals surface area contributed by atoms with Gasteiger partial charge in [0.05, 0.1) is 24.2 Å². The van der Waals surface area contributed by atoms with Crippen LogP contribution in [0.5, 0.6) is 5.75 Å². The molecule has 0 bridgehead atoms. The molecule has 152 valence electrons. The molecule has 2 rings (SSSR count). The van der Waals surface area contributed by atoms with Crippen LogP contribution >= 0.6 is 12.2 Å². The molecule has 2 aromatic rings. The van der Waals surface area contributed by atoms with Crippen LogP contribution in [0.1, 0.15) is 44.9 Å². The van der Waals surface area contributed by atoms with E-state index in [0.29, 0.717) is 40.9 Å². The fourth-order valence-corrected chi connectivity index (χ4v) is 3.11. The van der Waals surface area contributed by atoms with Gasteiger partial charge in [-0.2, -0.15) is 0 Å². The Hall–Kier alpha value is -2.61. The second-order valence-corrected chi connectivity index (χ2v) is 7.49. The fourth-order valence-electron chi connectivity index (χ4n) is 2.99. The molecule has 0 saturated carbocycles. The topological polar surface area (TPSA) is 109 Å². The van der Waals surface area contributed by atoms with E-state index in [2.05, 4.69) is 5.32 Å². The molecule has 1 aromatic heterocycles. The van der Waals surface area contributed by atoms with Gasteiger partial charge in [-0.25, -0.2) is 0 Å². The number of carbonyl (C=O) groups is 1. The van der Waals surface area contributed by atoms with Crippen LogP contribution in [0.15, 0.2) is 23.0 Å². The van der Waals surface area contributed by atoms with Crippen molar-refractivity contribution in [2.24, 2.45) is 11.7 Å². The number of carboxylic acid groups (broad SMARTS) is 1. The second-order valence-electron chi connectivity index (χ2n) is 7.05. The van der Waals surface area contributed by atoms with Crippen molar-refractivity contribution in [3.63, 3.8) is 0 Å². The highest BCUT2D eigenvalue weighted by Gasteiger charge is 2.19. The van der Waals surface area contributed by atoms with Crippen molar-refractivity contribution in [1.82, 2.24) is 9.88 Å². The van der Waals surface area contributed by atoms with Crippen molar-refractivity contribution in [2.45, 2.75) is 46.7 Å². The van der Waals surface area contributed by atoms with Gasteiger partial charge in [-0.15, -0.1) is 0 Å². The Balaban J connectivity index is 2.79. The molecule has 0 aliphatic carbocycles. The van der Waals surface area contributed by atoms with E-state index in [1.165, 1.54) is 0 Å². The molecule has 1 heterocycles. The minimum absolute atomic E-state index is 0.0982. The van der Waals surface area contributed by atoms with Crippen LogP contribution in [0.25, 0.3) is 10.8 Å². The molecule has 0 radical (unpaired) electrons. The SMILES string of the molecule is CCCCOc1c(CNC(=O)[O-])n(CC(C)C)c(=O)c2ccc(C(N)=S)cc12. The summed E-state index contributed by atoms with van der Waals surface area (Å²) in [6.07, 6.45) is 0.349. The highest BCUT2D eigenvalue weighted by Crippen LogP contribution is 2.30. The van der Waals surface area contributed by atoms with Gasteiger partial charge in [-0.05, 0) is 24.5 Å². The molecular weight excluding hydrogens is 378 g/mol. The van der Waals surface area contributed by atoms with Gasteiger partial charge in [0.2, 0.25) is 0 Å². The third-order valence-corrected chi connectivity index (χ3v) is 4.54. The molecule has 0 atom stereocenters. The number of ether oxygens (including phenoxy) is 1. The number of nitrogens with one attached hydrogen (secondary N) is 1. The summed E-state index contributed by atoms with van der Waals surface area (Å²) >= 11 is 5.06. The Labute approximate surface area is 169 Å². The smallest absolute Gasteiger partial charge is 0.258 e. The quantitative estimate of drug-likeness (QED) is 0.488. The summed E-state index contributed by atoms with van der Waals surface area (Å²) in [5.41, 5.74) is 6.62. The van der Waals surface area contributed by atoms with E-state index in [0.717, 1.165) is 12.8 Å². The van der Waals surface area contributed by atoms with Crippen LogP contribution in [0.2, 0.25) is 0 Å². The molecule has 0 unspecified atom stereocenters. The third-order valence-electron chi connectivity index (χ3n) is 4.30. The lowest BCUT2D eigenvalue weighted by Gasteiger charge is -2.22. The summed E-state index contributed by atoms with van der Waals surface area (Å²) in [6, 6.07) is 5.12. The van der Waals surface area contributed by atoms with E-state index in [1.54, 1.807) is 22.8 Å². The number of fused-ring (bicyclic) bond motifs is 1. The molecule has 1 amide bonds. The maximum atomic E-state index is 13.1. The van der Waals surface area contributed by atoms with Gasteiger partial charge in [-0.1, -0.05) is 45.5 Å². The maximum Gasteiger partial charge on any atom is 0.258 e. The third kappa shape index (κ3) is 5.01. The lowest BCUT2D eigenvalue weighted by molar-refractivity contribution is -0.251. The molecule has 28 heavy (non-hydrogen) atoms. The molecule has 8 heteroatoms. The second kappa shape index (κ2) is 9.54. The van der Waals surface area contributed by atoms with Crippen LogP contribution in [-0.4, -0.2) is 22.3 Å². The normalized spacial score (nSPS) is 11.0. The van der Waals surface area contributed by atoms with E-state index < -0.39 is 6.09 Å². The fraction of sp³-hybridized carbons (Fsp3) is 0.450. The maximum absolute atomic E-state index is 13.1. The van der Waals surface area contributed by atoms with Crippen molar-refractivity contribution < 1.29 is 14.6 Å². The number of thiocarbonyl (C=S) groups is 1. The number of aromatic nitrogens is 1. The zero-order valence-corrected chi connectivity index (χ0v) is 17.2. The van der Waals surface area contributed by atoms with Crippen LogP contribution in [0.4, 0.5) is 4.79 Å². The van der Waals surface area contributed by atoms with Crippen LogP contribution in [0, 0.1) is 5.92 Å². The first kappa shape index (κ1) is 21.7. The molecule has 7 nitrogen and oxygen atoms in total. The minimum atomic E-state index is -1.42. The summed E-state index contributed by atoms with van der Waals surface area (Å²) in [6.45, 7) is 6.80. The molecule has 0 aliphatic heterocycles. The number of unbranched alkanes of at least 4 members (excludes halogenated alkanes) is 1. The van der Waals surface area contributed by atoms with E-state index in [4.69, 9.17) is 22.7 Å². The number of nitrogens with zero attached hydrogens (tertiary/aromatic N) is 1. The van der Waals surface area contributed by atoms with Crippen LogP contribution < -0.4 is 26.5 Å². The summed E-state index contributed by atoms with van der Waals surface area (Å²) in [7, 11) is 0. The lowest BCUT2D eigenvalue weighted by atomic mass is 10.0. The zero-order chi connectivity index (χ0) is 20.8. The number of hydrogen-bond acceptors (Lipinski definition) is 5. The van der Waals surface area contributed by atoms with E-state index >= 15 is 0 Å². The molecule has 0 saturated heterocycles. The van der Waals surface area contributed by atoms with Crippen molar-refractivity contribution in [1.29, 1.82) is 0 Å². The lowest BCUT2D eigenvalue weighted by Crippen LogP contribution is -2.38. The van der Waals surface area contributed by atoms with E-state index in [1.807, 2.05) is 20.8 Å². The molecule has 0 fully saturated rings. The van der Waals surface area contributed by atoms with Gasteiger partial charge >= 0.3 is 0 Å². The van der Waals surface area contributed by atoms with E-state index in [9.17, 15) is 14.7 Å². The van der Waals surface area contributed by atoms with Gasteiger partial charge in [0, 0.05) is 17.5 Å². The van der Waals surface area contributed by atoms with Gasteiger partial charge in [-0.3, -0.25) is 4.79 Å². The Kier molecular flexibility index (Phi) is 7.39. The van der Waals surface area contributed by atoms with Crippen molar-refractivity contribution in [3.8, 4) is 5.75 Å². The first-order valence-corrected chi connectivity index (χ1v) is 9.73. The number of pyridine rings is 1. The first-order chi connectivity index (χ1) is 13.3. The largest absolute Gasteiger partial charge is 0.530 e. The Morgan fingerprint density at radius 3 is 2.64 bits per heavy atom. The number of carbonyl (C=O) groups excluding carboxylic acids is 1. The number of benzene rings is 1. The van der Waals surface area contributed by atoms with Crippen LogP contribution in [-0.2, 0) is 13.1 Å². The van der Waals surface area contributed by atoms with Crippen LogP contribution in [0.3, 0.4) is 0 Å². The monoisotopic (exact) mass is 404 g/mol. The summed E-state index contributed by atoms with van der Waals surface area (Å²) < 4.78 is 7.61. The zero-order valence-electron chi connectivity index (χ0n) is 16.4. The minimum Gasteiger partial charge on any atom is -0.530 e. The molecule has 0 spiro atoms. The molecule has 1 aromatic carbocycles. The summed E-state index contributed by atoms with van der Waals surface area (Å²) in [4.78, 5) is 24.3. The van der Waals surface area contributed by atoms with Gasteiger partial charge in [0.25, 0.3) is 5.56 Å². The van der Waals surface area contributed by atoms with Crippen molar-refractivity contribution in [2.75, 3.05) is 6.61 Å². The first-order valence-electron chi connectivity index (χ1n) is 9.33. The average molecular weight is 405 g/mol. The predicted molar refractivity (Wildman–Crippen MR) is 112 cm³/mol. The van der Waals surface area contributed by atoms with Crippen molar-refractivity contribution >= 4 is 34.1 Å². The van der Waals surface area contributed by atoms with Crippen molar-refractivity contribution in [3.05, 3.63) is 39.8 Å². The average Bonchev–Trinajstić information content (AvgIpc) is 2.63. The number of hydrogen-bond donors (Lipinski definition) is 2. The van der Waals surface area contributed by atoms with E-state index in [-0.39, 0.29) is 23.0 Å². The van der Waals surface area contributed by atoms with Gasteiger partial charge < -0.3 is 30.3 Å². The molecular formula is C20H26N3O4S-. The van der Waals surface area contributed by atoms with Gasteiger partial charge in [0.1, 0.15) is 16.8 Å². The Morgan fingerprint density at radius 2 is 2.07 bits per heavy atom. The molecule has 3 N–H and O–H groups in total. The highest BCUT2D eigenvalue weighted by molar-refractivity contribution is 7.80. The summed E-state index contributed by atoms with van der Waals surface area (Å²) in [5.74, 6) is 0.645. The number of nitrogens with two attached hydrogens (primary N) is 1.